The summed E-state index contributed by atoms with van der Waals surface area (Å²) in [5.41, 5.74) is -0.693. The highest BCUT2D eigenvalue weighted by atomic mass is 16.6. The predicted octanol–water partition coefficient (Wildman–Crippen LogP) is 1.95. The Kier molecular flexibility index (Phi) is 13.5. The molecule has 1 saturated carbocycles. The minimum atomic E-state index is -0.975. The van der Waals surface area contributed by atoms with Crippen molar-refractivity contribution in [3.8, 4) is 0 Å². The maximum Gasteiger partial charge on any atom is 0.325 e. The Bertz CT molecular complexity index is 942. The Hall–Kier alpha value is -3.18. The zero-order chi connectivity index (χ0) is 30.6. The van der Waals surface area contributed by atoms with Crippen molar-refractivity contribution in [2.75, 3.05) is 19.6 Å². The van der Waals surface area contributed by atoms with Crippen molar-refractivity contribution in [1.82, 2.24) is 26.2 Å². The lowest BCUT2D eigenvalue weighted by molar-refractivity contribution is -0.153. The van der Waals surface area contributed by atoms with Crippen LogP contribution in [0.5, 0.6) is 0 Å². The standard InChI is InChI=1S/C29H49N5O7/c1-6-8-15-20(24(36)26(38)30-7-2)32-25(37)21-16-12-17-34(21)27(39)23(19-13-10-9-11-14-19)33-28(40)31-18-22(35)41-29(3,4)5/h19-21,23H,6-18H2,1-5H3,(H,30,38)(H,32,37)(H2,31,33,40). The Labute approximate surface area is 243 Å². The molecule has 2 aliphatic rings. The summed E-state index contributed by atoms with van der Waals surface area (Å²) in [6.07, 6.45) is 7.19. The first kappa shape index (κ1) is 34.0. The zero-order valence-corrected chi connectivity index (χ0v) is 25.3. The van der Waals surface area contributed by atoms with Gasteiger partial charge in [-0.1, -0.05) is 39.0 Å². The molecule has 12 nitrogen and oxygen atoms in total. The molecule has 1 saturated heterocycles. The van der Waals surface area contributed by atoms with E-state index in [-0.39, 0.29) is 18.4 Å². The molecule has 1 aliphatic heterocycles. The first-order valence-corrected chi connectivity index (χ1v) is 15.1. The molecule has 0 aromatic rings. The number of ether oxygens (including phenoxy) is 1. The van der Waals surface area contributed by atoms with Crippen molar-refractivity contribution in [2.45, 2.75) is 123 Å². The number of esters is 1. The third-order valence-corrected chi connectivity index (χ3v) is 7.37. The fourth-order valence-corrected chi connectivity index (χ4v) is 5.40. The Morgan fingerprint density at radius 1 is 0.902 bits per heavy atom. The smallest absolute Gasteiger partial charge is 0.325 e. The molecule has 2 rings (SSSR count). The van der Waals surface area contributed by atoms with E-state index in [9.17, 15) is 28.8 Å². The molecule has 0 radical (unpaired) electrons. The fraction of sp³-hybridized carbons (Fsp3) is 0.793. The summed E-state index contributed by atoms with van der Waals surface area (Å²) in [5.74, 6) is -2.98. The first-order valence-electron chi connectivity index (χ1n) is 15.1. The van der Waals surface area contributed by atoms with E-state index in [2.05, 4.69) is 21.3 Å². The second-order valence-corrected chi connectivity index (χ2v) is 11.9. The van der Waals surface area contributed by atoms with Gasteiger partial charge in [0.1, 0.15) is 24.2 Å². The van der Waals surface area contributed by atoms with Crippen LogP contribution in [0.15, 0.2) is 0 Å². The number of nitrogens with zero attached hydrogens (tertiary/aromatic N) is 1. The maximum atomic E-state index is 13.9. The molecule has 0 aromatic carbocycles. The number of ketones is 1. The van der Waals surface area contributed by atoms with Gasteiger partial charge in [-0.3, -0.25) is 24.0 Å². The van der Waals surface area contributed by atoms with E-state index in [0.29, 0.717) is 38.8 Å². The van der Waals surface area contributed by atoms with Gasteiger partial charge in [-0.15, -0.1) is 0 Å². The van der Waals surface area contributed by atoms with Crippen molar-refractivity contribution >= 4 is 35.5 Å². The van der Waals surface area contributed by atoms with E-state index in [1.807, 2.05) is 6.92 Å². The summed E-state index contributed by atoms with van der Waals surface area (Å²) >= 11 is 0. The van der Waals surface area contributed by atoms with Gasteiger partial charge in [-0.2, -0.15) is 0 Å². The van der Waals surface area contributed by atoms with Crippen molar-refractivity contribution in [3.05, 3.63) is 0 Å². The zero-order valence-electron chi connectivity index (χ0n) is 25.3. The number of urea groups is 1. The van der Waals surface area contributed by atoms with Gasteiger partial charge in [-0.05, 0) is 65.7 Å². The molecule has 0 aromatic heterocycles. The topological polar surface area (TPSA) is 163 Å². The Morgan fingerprint density at radius 3 is 2.20 bits per heavy atom. The number of rotatable bonds is 13. The number of unbranched alkanes of at least 4 members (excludes halogenated alkanes) is 1. The van der Waals surface area contributed by atoms with Crippen molar-refractivity contribution < 1.29 is 33.5 Å². The highest BCUT2D eigenvalue weighted by Gasteiger charge is 2.41. The minimum absolute atomic E-state index is 0.107. The largest absolute Gasteiger partial charge is 0.459 e. The molecule has 5 amide bonds. The number of hydrogen-bond donors (Lipinski definition) is 4. The summed E-state index contributed by atoms with van der Waals surface area (Å²) in [6, 6.07) is -3.31. The van der Waals surface area contributed by atoms with E-state index in [1.165, 1.54) is 4.90 Å². The van der Waals surface area contributed by atoms with Gasteiger partial charge in [0.25, 0.3) is 5.91 Å². The second kappa shape index (κ2) is 16.3. The molecular weight excluding hydrogens is 530 g/mol. The van der Waals surface area contributed by atoms with Gasteiger partial charge < -0.3 is 30.9 Å². The third kappa shape index (κ3) is 11.0. The summed E-state index contributed by atoms with van der Waals surface area (Å²) < 4.78 is 5.23. The molecule has 1 heterocycles. The molecule has 232 valence electrons. The van der Waals surface area contributed by atoms with Crippen LogP contribution in [0.2, 0.25) is 0 Å². The molecule has 0 bridgehead atoms. The lowest BCUT2D eigenvalue weighted by Gasteiger charge is -2.35. The van der Waals surface area contributed by atoms with Crippen LogP contribution in [0, 0.1) is 5.92 Å². The van der Waals surface area contributed by atoms with E-state index in [4.69, 9.17) is 4.74 Å². The van der Waals surface area contributed by atoms with Gasteiger partial charge in [0.05, 0.1) is 6.04 Å². The molecule has 2 fully saturated rings. The lowest BCUT2D eigenvalue weighted by atomic mass is 9.83. The van der Waals surface area contributed by atoms with E-state index in [1.54, 1.807) is 27.7 Å². The van der Waals surface area contributed by atoms with Crippen LogP contribution in [0.3, 0.4) is 0 Å². The monoisotopic (exact) mass is 579 g/mol. The van der Waals surface area contributed by atoms with Crippen molar-refractivity contribution in [3.63, 3.8) is 0 Å². The summed E-state index contributed by atoms with van der Waals surface area (Å²) in [5, 5.41) is 10.5. The van der Waals surface area contributed by atoms with Crippen LogP contribution in [0.25, 0.3) is 0 Å². The maximum absolute atomic E-state index is 13.9. The van der Waals surface area contributed by atoms with E-state index in [0.717, 1.165) is 38.5 Å². The van der Waals surface area contributed by atoms with Gasteiger partial charge in [-0.25, -0.2) is 4.79 Å². The average Bonchev–Trinajstić information content (AvgIpc) is 3.42. The molecule has 3 unspecified atom stereocenters. The van der Waals surface area contributed by atoms with Crippen LogP contribution in [0.1, 0.15) is 98.8 Å². The predicted molar refractivity (Wildman–Crippen MR) is 153 cm³/mol. The SMILES string of the molecule is CCCCC(NC(=O)C1CCCN1C(=O)C(NC(=O)NCC(=O)OC(C)(C)C)C1CCCCC1)C(=O)C(=O)NCC. The molecular formula is C29H49N5O7. The molecule has 1 aliphatic carbocycles. The number of carbonyl (C=O) groups is 6. The number of nitrogens with one attached hydrogen (secondary N) is 4. The number of carbonyl (C=O) groups excluding carboxylic acids is 6. The first-order chi connectivity index (χ1) is 19.4. The highest BCUT2D eigenvalue weighted by molar-refractivity contribution is 6.38. The third-order valence-electron chi connectivity index (χ3n) is 7.37. The van der Waals surface area contributed by atoms with Gasteiger partial charge >= 0.3 is 12.0 Å². The number of hydrogen-bond acceptors (Lipinski definition) is 7. The minimum Gasteiger partial charge on any atom is -0.459 e. The van der Waals surface area contributed by atoms with E-state index >= 15 is 0 Å². The average molecular weight is 580 g/mol. The van der Waals surface area contributed by atoms with E-state index < -0.39 is 53.3 Å². The number of amides is 5. The molecule has 12 heteroatoms. The van der Waals surface area contributed by atoms with Gasteiger partial charge in [0, 0.05) is 13.1 Å². The number of likely N-dealkylation sites (tertiary alicyclic amines) is 1. The fourth-order valence-electron chi connectivity index (χ4n) is 5.40. The summed E-state index contributed by atoms with van der Waals surface area (Å²) in [6.45, 7) is 9.14. The van der Waals surface area contributed by atoms with Gasteiger partial charge in [0.15, 0.2) is 0 Å². The molecule has 0 spiro atoms. The van der Waals surface area contributed by atoms with Crippen LogP contribution in [-0.4, -0.2) is 83.8 Å². The van der Waals surface area contributed by atoms with Crippen molar-refractivity contribution in [2.24, 2.45) is 5.92 Å². The normalized spacial score (nSPS) is 19.0. The number of Topliss-reactive ketones (excluding diaryl/α,β-unsaturated/α-hetero) is 1. The van der Waals surface area contributed by atoms with Gasteiger partial charge in [0.2, 0.25) is 17.6 Å². The summed E-state index contributed by atoms with van der Waals surface area (Å²) in [4.78, 5) is 78.5. The molecule has 4 N–H and O–H groups in total. The van der Waals surface area contributed by atoms with Crippen LogP contribution < -0.4 is 21.3 Å². The van der Waals surface area contributed by atoms with Crippen LogP contribution >= 0.6 is 0 Å². The highest BCUT2D eigenvalue weighted by Crippen LogP contribution is 2.29. The Morgan fingerprint density at radius 2 is 1.59 bits per heavy atom. The molecule has 41 heavy (non-hydrogen) atoms. The second-order valence-electron chi connectivity index (χ2n) is 11.9. The molecule has 3 atom stereocenters. The lowest BCUT2D eigenvalue weighted by Crippen LogP contribution is -2.59. The quantitative estimate of drug-likeness (QED) is 0.191. The van der Waals surface area contributed by atoms with Crippen LogP contribution in [-0.2, 0) is 28.7 Å². The van der Waals surface area contributed by atoms with Crippen molar-refractivity contribution in [1.29, 1.82) is 0 Å². The Balaban J connectivity index is 2.14. The number of likely N-dealkylation sites (N-methyl/N-ethyl adjacent to an activating group) is 1. The summed E-state index contributed by atoms with van der Waals surface area (Å²) in [7, 11) is 0. The van der Waals surface area contributed by atoms with Crippen LogP contribution in [0.4, 0.5) is 4.79 Å².